The molecule has 0 saturated carbocycles. The SMILES string of the molecule is O=C(Nc1cnc(C(F)(F)F)nc1)c1coc(C2CCOCC2)n1. The maximum Gasteiger partial charge on any atom is 0.451 e. The summed E-state index contributed by atoms with van der Waals surface area (Å²) in [5, 5.41) is 2.37. The highest BCUT2D eigenvalue weighted by molar-refractivity contribution is 6.02. The molecular weight excluding hydrogens is 329 g/mol. The Bertz CT molecular complexity index is 709. The quantitative estimate of drug-likeness (QED) is 0.922. The highest BCUT2D eigenvalue weighted by atomic mass is 19.4. The van der Waals surface area contributed by atoms with Gasteiger partial charge in [-0.1, -0.05) is 0 Å². The minimum Gasteiger partial charge on any atom is -0.448 e. The van der Waals surface area contributed by atoms with Crippen LogP contribution in [0.15, 0.2) is 23.1 Å². The third-order valence-corrected chi connectivity index (χ3v) is 3.49. The average molecular weight is 342 g/mol. The molecule has 2 aromatic rings. The highest BCUT2D eigenvalue weighted by Crippen LogP contribution is 2.27. The van der Waals surface area contributed by atoms with Crippen LogP contribution in [0.3, 0.4) is 0 Å². The minimum atomic E-state index is -4.63. The second-order valence-electron chi connectivity index (χ2n) is 5.20. The third kappa shape index (κ3) is 3.70. The number of oxazole rings is 1. The van der Waals surface area contributed by atoms with Crippen LogP contribution in [0.2, 0.25) is 0 Å². The summed E-state index contributed by atoms with van der Waals surface area (Å²) in [6.45, 7) is 1.22. The number of rotatable bonds is 3. The third-order valence-electron chi connectivity index (χ3n) is 3.49. The summed E-state index contributed by atoms with van der Waals surface area (Å²) < 4.78 is 47.7. The second kappa shape index (κ2) is 6.56. The van der Waals surface area contributed by atoms with Crippen LogP contribution in [-0.4, -0.2) is 34.1 Å². The topological polar surface area (TPSA) is 90.1 Å². The molecule has 0 atom stereocenters. The molecule has 1 aliphatic heterocycles. The lowest BCUT2D eigenvalue weighted by Gasteiger charge is -2.18. The number of carbonyl (C=O) groups excluding carboxylic acids is 1. The molecular formula is C14H13F3N4O3. The summed E-state index contributed by atoms with van der Waals surface area (Å²) in [5.74, 6) is -1.34. The molecule has 0 unspecified atom stereocenters. The van der Waals surface area contributed by atoms with Crippen LogP contribution in [-0.2, 0) is 10.9 Å². The van der Waals surface area contributed by atoms with Crippen LogP contribution in [0.5, 0.6) is 0 Å². The molecule has 1 saturated heterocycles. The number of anilines is 1. The normalized spacial score (nSPS) is 16.1. The summed E-state index contributed by atoms with van der Waals surface area (Å²) in [6, 6.07) is 0. The van der Waals surface area contributed by atoms with E-state index in [0.717, 1.165) is 25.2 Å². The van der Waals surface area contributed by atoms with Crippen LogP contribution in [0, 0.1) is 0 Å². The zero-order valence-electron chi connectivity index (χ0n) is 12.3. The van der Waals surface area contributed by atoms with Crippen molar-refractivity contribution >= 4 is 11.6 Å². The Morgan fingerprint density at radius 2 is 1.88 bits per heavy atom. The first-order chi connectivity index (χ1) is 11.4. The number of aromatic nitrogens is 3. The Hall–Kier alpha value is -2.49. The van der Waals surface area contributed by atoms with Gasteiger partial charge in [0.2, 0.25) is 5.82 Å². The Kier molecular flexibility index (Phi) is 4.47. The van der Waals surface area contributed by atoms with Gasteiger partial charge in [-0.2, -0.15) is 13.2 Å². The van der Waals surface area contributed by atoms with Crippen LogP contribution in [0.1, 0.15) is 41.0 Å². The molecule has 7 nitrogen and oxygen atoms in total. The predicted molar refractivity (Wildman–Crippen MR) is 74.3 cm³/mol. The molecule has 3 heterocycles. The molecule has 0 bridgehead atoms. The van der Waals surface area contributed by atoms with Crippen LogP contribution in [0.4, 0.5) is 18.9 Å². The Labute approximate surface area is 134 Å². The van der Waals surface area contributed by atoms with Crippen molar-refractivity contribution in [3.63, 3.8) is 0 Å². The van der Waals surface area contributed by atoms with E-state index < -0.39 is 17.9 Å². The fourth-order valence-corrected chi connectivity index (χ4v) is 2.26. The standard InChI is InChI=1S/C14H13F3N4O3/c15-14(16,17)13-18-5-9(6-19-13)20-11(22)10-7-24-12(21-10)8-1-3-23-4-2-8/h5-8H,1-4H2,(H,20,22). The zero-order valence-corrected chi connectivity index (χ0v) is 12.3. The van der Waals surface area contributed by atoms with Crippen molar-refractivity contribution in [2.75, 3.05) is 18.5 Å². The molecule has 10 heteroatoms. The number of carbonyl (C=O) groups is 1. The lowest BCUT2D eigenvalue weighted by atomic mass is 10.0. The van der Waals surface area contributed by atoms with Gasteiger partial charge in [-0.05, 0) is 12.8 Å². The molecule has 3 rings (SSSR count). The molecule has 128 valence electrons. The molecule has 1 aliphatic rings. The molecule has 2 aromatic heterocycles. The first-order valence-electron chi connectivity index (χ1n) is 7.17. The molecule has 1 fully saturated rings. The van der Waals surface area contributed by atoms with E-state index in [1.807, 2.05) is 0 Å². The van der Waals surface area contributed by atoms with Gasteiger partial charge in [0.1, 0.15) is 6.26 Å². The molecule has 24 heavy (non-hydrogen) atoms. The van der Waals surface area contributed by atoms with Gasteiger partial charge in [0.15, 0.2) is 11.6 Å². The van der Waals surface area contributed by atoms with Crippen LogP contribution < -0.4 is 5.32 Å². The number of hydrogen-bond donors (Lipinski definition) is 1. The van der Waals surface area contributed by atoms with Gasteiger partial charge in [-0.25, -0.2) is 15.0 Å². The van der Waals surface area contributed by atoms with E-state index in [2.05, 4.69) is 20.3 Å². The van der Waals surface area contributed by atoms with Crippen molar-refractivity contribution in [3.8, 4) is 0 Å². The van der Waals surface area contributed by atoms with Crippen molar-refractivity contribution in [3.05, 3.63) is 36.1 Å². The van der Waals surface area contributed by atoms with E-state index in [0.29, 0.717) is 19.1 Å². The van der Waals surface area contributed by atoms with Gasteiger partial charge >= 0.3 is 6.18 Å². The number of ether oxygens (including phenoxy) is 1. The van der Waals surface area contributed by atoms with Gasteiger partial charge in [0, 0.05) is 19.1 Å². The minimum absolute atomic E-state index is 0.0311. The summed E-state index contributed by atoms with van der Waals surface area (Å²) in [4.78, 5) is 22.5. The van der Waals surface area contributed by atoms with Gasteiger partial charge in [0.05, 0.1) is 18.1 Å². The summed E-state index contributed by atoms with van der Waals surface area (Å²) in [6.07, 6.45) is -0.138. The van der Waals surface area contributed by atoms with Crippen molar-refractivity contribution < 1.29 is 27.1 Å². The summed E-state index contributed by atoms with van der Waals surface area (Å²) in [7, 11) is 0. The van der Waals surface area contributed by atoms with E-state index in [-0.39, 0.29) is 17.3 Å². The number of halogens is 3. The smallest absolute Gasteiger partial charge is 0.448 e. The number of nitrogens with zero attached hydrogens (tertiary/aromatic N) is 3. The number of nitrogens with one attached hydrogen (secondary N) is 1. The van der Waals surface area contributed by atoms with E-state index in [4.69, 9.17) is 9.15 Å². The lowest BCUT2D eigenvalue weighted by molar-refractivity contribution is -0.144. The largest absolute Gasteiger partial charge is 0.451 e. The van der Waals surface area contributed by atoms with Crippen LogP contribution >= 0.6 is 0 Å². The predicted octanol–water partition coefficient (Wildman–Crippen LogP) is 2.63. The van der Waals surface area contributed by atoms with Gasteiger partial charge < -0.3 is 14.5 Å². The fourth-order valence-electron chi connectivity index (χ4n) is 2.26. The van der Waals surface area contributed by atoms with Gasteiger partial charge in [-0.15, -0.1) is 0 Å². The average Bonchev–Trinajstić information content (AvgIpc) is 3.05. The maximum absolute atomic E-state index is 12.4. The zero-order chi connectivity index (χ0) is 17.2. The number of amides is 1. The second-order valence-corrected chi connectivity index (χ2v) is 5.20. The lowest BCUT2D eigenvalue weighted by Crippen LogP contribution is -2.16. The highest BCUT2D eigenvalue weighted by Gasteiger charge is 2.34. The molecule has 0 radical (unpaired) electrons. The van der Waals surface area contributed by atoms with E-state index in [1.165, 1.54) is 6.26 Å². The van der Waals surface area contributed by atoms with Crippen molar-refractivity contribution in [2.45, 2.75) is 24.9 Å². The Balaban J connectivity index is 1.65. The molecule has 1 amide bonds. The summed E-state index contributed by atoms with van der Waals surface area (Å²) in [5.41, 5.74) is 0.0695. The first kappa shape index (κ1) is 16.4. The Morgan fingerprint density at radius 1 is 1.21 bits per heavy atom. The van der Waals surface area contributed by atoms with Gasteiger partial charge in [0.25, 0.3) is 5.91 Å². The van der Waals surface area contributed by atoms with Gasteiger partial charge in [-0.3, -0.25) is 4.79 Å². The Morgan fingerprint density at radius 3 is 2.50 bits per heavy atom. The van der Waals surface area contributed by atoms with E-state index in [1.54, 1.807) is 0 Å². The fraction of sp³-hybridized carbons (Fsp3) is 0.429. The van der Waals surface area contributed by atoms with Crippen molar-refractivity contribution in [2.24, 2.45) is 0 Å². The summed E-state index contributed by atoms with van der Waals surface area (Å²) >= 11 is 0. The van der Waals surface area contributed by atoms with Crippen molar-refractivity contribution in [1.29, 1.82) is 0 Å². The number of alkyl halides is 3. The van der Waals surface area contributed by atoms with E-state index >= 15 is 0 Å². The molecule has 0 aliphatic carbocycles. The first-order valence-corrected chi connectivity index (χ1v) is 7.17. The maximum atomic E-state index is 12.4. The van der Waals surface area contributed by atoms with Crippen LogP contribution in [0.25, 0.3) is 0 Å². The monoisotopic (exact) mass is 342 g/mol. The van der Waals surface area contributed by atoms with Crippen molar-refractivity contribution in [1.82, 2.24) is 15.0 Å². The van der Waals surface area contributed by atoms with E-state index in [9.17, 15) is 18.0 Å². The molecule has 1 N–H and O–H groups in total. The molecule has 0 aromatic carbocycles. The number of hydrogen-bond acceptors (Lipinski definition) is 6. The molecule has 0 spiro atoms.